The molecule has 1 aliphatic heterocycles. The predicted molar refractivity (Wildman–Crippen MR) is 47.0 cm³/mol. The van der Waals surface area contributed by atoms with Gasteiger partial charge >= 0.3 is 0 Å². The molecule has 0 aromatic heterocycles. The highest BCUT2D eigenvalue weighted by molar-refractivity contribution is 5.81. The van der Waals surface area contributed by atoms with Gasteiger partial charge < -0.3 is 10.1 Å². The smallest absolute Gasteiger partial charge is 0.260 e. The van der Waals surface area contributed by atoms with Gasteiger partial charge in [-0.25, -0.2) is 5.48 Å². The minimum Gasteiger partial charge on any atom is -0.380 e. The number of rotatable bonds is 4. The first kappa shape index (κ1) is 10.4. The summed E-state index contributed by atoms with van der Waals surface area (Å²) >= 11 is 0. The number of hydrogen-bond acceptors (Lipinski definition) is 4. The van der Waals surface area contributed by atoms with Gasteiger partial charge in [0.2, 0.25) is 0 Å². The van der Waals surface area contributed by atoms with Gasteiger partial charge in [0.15, 0.2) is 0 Å². The minimum absolute atomic E-state index is 0.124. The van der Waals surface area contributed by atoms with Crippen molar-refractivity contribution in [2.45, 2.75) is 25.5 Å². The third-order valence-electron chi connectivity index (χ3n) is 2.06. The number of hydroxylamine groups is 1. The average Bonchev–Trinajstić information content (AvgIpc) is 2.62. The Balaban J connectivity index is 2.25. The van der Waals surface area contributed by atoms with E-state index >= 15 is 0 Å². The topological polar surface area (TPSA) is 59.6 Å². The molecule has 1 fully saturated rings. The first-order valence-electron chi connectivity index (χ1n) is 4.45. The van der Waals surface area contributed by atoms with Crippen LogP contribution >= 0.6 is 0 Å². The van der Waals surface area contributed by atoms with Crippen LogP contribution in [0.15, 0.2) is 0 Å². The van der Waals surface area contributed by atoms with Crippen molar-refractivity contribution in [2.75, 3.05) is 20.3 Å². The molecule has 0 bridgehead atoms. The van der Waals surface area contributed by atoms with E-state index in [0.717, 1.165) is 6.54 Å². The van der Waals surface area contributed by atoms with Crippen molar-refractivity contribution in [1.29, 1.82) is 0 Å². The molecule has 0 aromatic carbocycles. The lowest BCUT2D eigenvalue weighted by Gasteiger charge is -2.09. The molecule has 0 aromatic rings. The van der Waals surface area contributed by atoms with Crippen LogP contribution in [-0.4, -0.2) is 38.3 Å². The second kappa shape index (κ2) is 5.16. The lowest BCUT2D eigenvalue weighted by molar-refractivity contribution is -0.135. The first-order chi connectivity index (χ1) is 6.27. The van der Waals surface area contributed by atoms with Gasteiger partial charge in [-0.1, -0.05) is 0 Å². The summed E-state index contributed by atoms with van der Waals surface area (Å²) in [5.74, 6) is -0.124. The number of carbonyl (C=O) groups is 1. The quantitative estimate of drug-likeness (QED) is 0.580. The summed E-state index contributed by atoms with van der Waals surface area (Å²) in [6, 6.07) is -0.184. The molecule has 5 nitrogen and oxygen atoms in total. The summed E-state index contributed by atoms with van der Waals surface area (Å²) in [6.07, 6.45) is 0.840. The van der Waals surface area contributed by atoms with Crippen LogP contribution in [0.25, 0.3) is 0 Å². The number of ether oxygens (including phenoxy) is 1. The molecule has 1 heterocycles. The van der Waals surface area contributed by atoms with Crippen LogP contribution in [0.4, 0.5) is 0 Å². The van der Waals surface area contributed by atoms with Crippen molar-refractivity contribution < 1.29 is 14.4 Å². The summed E-state index contributed by atoms with van der Waals surface area (Å²) in [5, 5.41) is 3.05. The number of nitrogens with one attached hydrogen (secondary N) is 2. The van der Waals surface area contributed by atoms with E-state index in [0.29, 0.717) is 13.0 Å². The zero-order chi connectivity index (χ0) is 9.68. The molecule has 0 radical (unpaired) electrons. The van der Waals surface area contributed by atoms with Crippen molar-refractivity contribution in [1.82, 2.24) is 10.8 Å². The van der Waals surface area contributed by atoms with Crippen LogP contribution in [0.3, 0.4) is 0 Å². The van der Waals surface area contributed by atoms with Crippen molar-refractivity contribution in [3.8, 4) is 0 Å². The lowest BCUT2D eigenvalue weighted by atomic mass is 10.2. The standard InChI is InChI=1S/C8H16N2O3/c1-3-13-10-8(11)7-4-6(12-2)5-9-7/h6-7,9H,3-5H2,1-2H3,(H,10,11). The number of hydrogen-bond donors (Lipinski definition) is 2. The van der Waals surface area contributed by atoms with E-state index in [4.69, 9.17) is 9.57 Å². The number of methoxy groups -OCH3 is 1. The molecule has 2 N–H and O–H groups in total. The van der Waals surface area contributed by atoms with Gasteiger partial charge in [0.25, 0.3) is 5.91 Å². The molecule has 1 rings (SSSR count). The highest BCUT2D eigenvalue weighted by Crippen LogP contribution is 2.09. The number of carbonyl (C=O) groups excluding carboxylic acids is 1. The maximum atomic E-state index is 11.3. The maximum Gasteiger partial charge on any atom is 0.260 e. The Labute approximate surface area is 77.7 Å². The Bertz CT molecular complexity index is 175. The van der Waals surface area contributed by atoms with E-state index in [-0.39, 0.29) is 18.1 Å². The fourth-order valence-electron chi connectivity index (χ4n) is 1.30. The Morgan fingerprint density at radius 1 is 1.69 bits per heavy atom. The second-order valence-electron chi connectivity index (χ2n) is 2.95. The van der Waals surface area contributed by atoms with E-state index in [1.54, 1.807) is 7.11 Å². The normalized spacial score (nSPS) is 27.5. The van der Waals surface area contributed by atoms with Gasteiger partial charge in [0.1, 0.15) is 0 Å². The van der Waals surface area contributed by atoms with Gasteiger partial charge in [-0.05, 0) is 13.3 Å². The fraction of sp³-hybridized carbons (Fsp3) is 0.875. The average molecular weight is 188 g/mol. The van der Waals surface area contributed by atoms with E-state index < -0.39 is 0 Å². The Morgan fingerprint density at radius 3 is 3.00 bits per heavy atom. The molecule has 0 aliphatic carbocycles. The molecule has 2 atom stereocenters. The monoisotopic (exact) mass is 188 g/mol. The van der Waals surface area contributed by atoms with Crippen LogP contribution in [0.1, 0.15) is 13.3 Å². The summed E-state index contributed by atoms with van der Waals surface area (Å²) in [6.45, 7) is 3.02. The summed E-state index contributed by atoms with van der Waals surface area (Å²) in [7, 11) is 1.65. The third-order valence-corrected chi connectivity index (χ3v) is 2.06. The molecule has 5 heteroatoms. The van der Waals surface area contributed by atoms with Crippen LogP contribution in [0.5, 0.6) is 0 Å². The van der Waals surface area contributed by atoms with Gasteiger partial charge in [0, 0.05) is 13.7 Å². The molecule has 0 saturated carbocycles. The number of amides is 1. The highest BCUT2D eigenvalue weighted by Gasteiger charge is 2.29. The Morgan fingerprint density at radius 2 is 2.46 bits per heavy atom. The molecule has 0 spiro atoms. The van der Waals surface area contributed by atoms with Gasteiger partial charge in [0.05, 0.1) is 18.8 Å². The van der Waals surface area contributed by atoms with E-state index in [2.05, 4.69) is 10.8 Å². The molecule has 1 amide bonds. The predicted octanol–water partition coefficient (Wildman–Crippen LogP) is -0.569. The fourth-order valence-corrected chi connectivity index (χ4v) is 1.30. The molecule has 1 saturated heterocycles. The molecular formula is C8H16N2O3. The summed E-state index contributed by atoms with van der Waals surface area (Å²) in [4.78, 5) is 16.1. The largest absolute Gasteiger partial charge is 0.380 e. The zero-order valence-corrected chi connectivity index (χ0v) is 8.00. The molecular weight excluding hydrogens is 172 g/mol. The van der Waals surface area contributed by atoms with Gasteiger partial charge in [-0.3, -0.25) is 9.63 Å². The van der Waals surface area contributed by atoms with Crippen LogP contribution in [-0.2, 0) is 14.4 Å². The highest BCUT2D eigenvalue weighted by atomic mass is 16.6. The van der Waals surface area contributed by atoms with E-state index in [1.165, 1.54) is 0 Å². The molecule has 1 aliphatic rings. The van der Waals surface area contributed by atoms with E-state index in [9.17, 15) is 4.79 Å². The van der Waals surface area contributed by atoms with Crippen molar-refractivity contribution in [3.05, 3.63) is 0 Å². The third kappa shape index (κ3) is 2.95. The Hall–Kier alpha value is -0.650. The first-order valence-corrected chi connectivity index (χ1v) is 4.45. The van der Waals surface area contributed by atoms with Gasteiger partial charge in [-0.15, -0.1) is 0 Å². The minimum atomic E-state index is -0.184. The van der Waals surface area contributed by atoms with Crippen LogP contribution in [0.2, 0.25) is 0 Å². The van der Waals surface area contributed by atoms with E-state index in [1.807, 2.05) is 6.92 Å². The molecule has 13 heavy (non-hydrogen) atoms. The van der Waals surface area contributed by atoms with Crippen molar-refractivity contribution in [2.24, 2.45) is 0 Å². The Kier molecular flexibility index (Phi) is 4.14. The van der Waals surface area contributed by atoms with Crippen molar-refractivity contribution in [3.63, 3.8) is 0 Å². The van der Waals surface area contributed by atoms with Crippen LogP contribution in [0, 0.1) is 0 Å². The summed E-state index contributed by atoms with van der Waals surface area (Å²) in [5.41, 5.74) is 2.36. The zero-order valence-electron chi connectivity index (χ0n) is 8.00. The second-order valence-corrected chi connectivity index (χ2v) is 2.95. The van der Waals surface area contributed by atoms with Crippen molar-refractivity contribution >= 4 is 5.91 Å². The van der Waals surface area contributed by atoms with Crippen LogP contribution < -0.4 is 10.8 Å². The molecule has 76 valence electrons. The molecule has 2 unspecified atom stereocenters. The summed E-state index contributed by atoms with van der Waals surface area (Å²) < 4.78 is 5.11. The maximum absolute atomic E-state index is 11.3. The van der Waals surface area contributed by atoms with Gasteiger partial charge in [-0.2, -0.15) is 0 Å². The SMILES string of the molecule is CCONC(=O)C1CC(OC)CN1. The lowest BCUT2D eigenvalue weighted by Crippen LogP contribution is -2.40.